The van der Waals surface area contributed by atoms with Gasteiger partial charge < -0.3 is 19.8 Å². The first-order valence-electron chi connectivity index (χ1n) is 10.6. The highest BCUT2D eigenvalue weighted by Gasteiger charge is 2.24. The summed E-state index contributed by atoms with van der Waals surface area (Å²) in [7, 11) is -0.943. The molecule has 0 atom stereocenters. The van der Waals surface area contributed by atoms with Crippen LogP contribution in [-0.2, 0) is 21.3 Å². The molecule has 0 fully saturated rings. The molecule has 2 N–H and O–H groups in total. The number of para-hydroxylation sites is 2. The molecule has 11 nitrogen and oxygen atoms in total. The summed E-state index contributed by atoms with van der Waals surface area (Å²) >= 11 is 0. The summed E-state index contributed by atoms with van der Waals surface area (Å²) in [6.45, 7) is 0.683. The van der Waals surface area contributed by atoms with E-state index in [-0.39, 0.29) is 17.1 Å². The Morgan fingerprint density at radius 1 is 1.09 bits per heavy atom. The fourth-order valence-corrected chi connectivity index (χ4v) is 4.69. The lowest BCUT2D eigenvalue weighted by Gasteiger charge is -2.21. The largest absolute Gasteiger partial charge is 0.495 e. The first-order valence-corrected chi connectivity index (χ1v) is 12.1. The van der Waals surface area contributed by atoms with Gasteiger partial charge in [0.25, 0.3) is 10.0 Å². The maximum absolute atomic E-state index is 13.0. The van der Waals surface area contributed by atoms with Crippen LogP contribution >= 0.6 is 0 Å². The lowest BCUT2D eigenvalue weighted by molar-refractivity contribution is 0.0496. The third-order valence-electron chi connectivity index (χ3n) is 5.38. The van der Waals surface area contributed by atoms with Crippen molar-refractivity contribution in [3.05, 3.63) is 66.7 Å². The molecule has 0 saturated carbocycles. The highest BCUT2D eigenvalue weighted by Crippen LogP contribution is 2.30. The third-order valence-corrected chi connectivity index (χ3v) is 7.16. The smallest absolute Gasteiger partial charge is 0.338 e. The van der Waals surface area contributed by atoms with Crippen molar-refractivity contribution in [3.63, 3.8) is 0 Å². The maximum Gasteiger partial charge on any atom is 0.338 e. The molecule has 0 aliphatic carbocycles. The molecule has 12 heteroatoms. The number of aryl methyl sites for hydroxylation is 1. The summed E-state index contributed by atoms with van der Waals surface area (Å²) in [4.78, 5) is 24.7. The molecular weight excluding hydrogens is 472 g/mol. The van der Waals surface area contributed by atoms with Gasteiger partial charge in [0.1, 0.15) is 17.6 Å². The molecule has 0 spiro atoms. The minimum absolute atomic E-state index is 0.0377. The average molecular weight is 497 g/mol. The lowest BCUT2D eigenvalue weighted by atomic mass is 10.2. The molecular formula is C23H24N6O5S. The SMILES string of the molecule is COc1ccccc1N(C)S(=O)(=O)c1ccc(C(=O)OCCCn2cnc3c(N)ncnc32)cc1. The van der Waals surface area contributed by atoms with E-state index in [1.165, 1.54) is 44.8 Å². The van der Waals surface area contributed by atoms with E-state index in [1.807, 2.05) is 0 Å². The van der Waals surface area contributed by atoms with Crippen molar-refractivity contribution in [2.45, 2.75) is 17.9 Å². The number of ether oxygens (including phenoxy) is 2. The Hall–Kier alpha value is -4.19. The number of hydrogen-bond donors (Lipinski definition) is 1. The molecule has 2 heterocycles. The zero-order chi connectivity index (χ0) is 25.0. The number of hydrogen-bond acceptors (Lipinski definition) is 9. The Labute approximate surface area is 202 Å². The zero-order valence-corrected chi connectivity index (χ0v) is 20.0. The van der Waals surface area contributed by atoms with E-state index in [4.69, 9.17) is 15.2 Å². The highest BCUT2D eigenvalue weighted by molar-refractivity contribution is 7.92. The van der Waals surface area contributed by atoms with Crippen LogP contribution in [-0.4, -0.2) is 54.7 Å². The van der Waals surface area contributed by atoms with Crippen LogP contribution in [0.4, 0.5) is 11.5 Å². The van der Waals surface area contributed by atoms with E-state index in [9.17, 15) is 13.2 Å². The van der Waals surface area contributed by atoms with Gasteiger partial charge in [-0.15, -0.1) is 0 Å². The van der Waals surface area contributed by atoms with Gasteiger partial charge in [-0.3, -0.25) is 4.31 Å². The number of nitrogen functional groups attached to an aromatic ring is 1. The molecule has 4 rings (SSSR count). The standard InChI is InChI=1S/C23H24N6O5S/c1-28(18-6-3-4-7-19(18)33-2)35(31,32)17-10-8-16(9-11-17)23(30)34-13-5-12-29-15-27-20-21(24)25-14-26-22(20)29/h3-4,6-11,14-15H,5,12-13H2,1-2H3,(H2,24,25,26). The van der Waals surface area contributed by atoms with Crippen molar-refractivity contribution in [2.24, 2.45) is 0 Å². The number of nitrogens with two attached hydrogens (primary N) is 1. The van der Waals surface area contributed by atoms with E-state index >= 15 is 0 Å². The second-order valence-electron chi connectivity index (χ2n) is 7.53. The number of imidazole rings is 1. The van der Waals surface area contributed by atoms with Crippen LogP contribution in [0.3, 0.4) is 0 Å². The molecule has 0 radical (unpaired) electrons. The number of aromatic nitrogens is 4. The fraction of sp³-hybridized carbons (Fsp3) is 0.217. The van der Waals surface area contributed by atoms with E-state index in [0.29, 0.717) is 41.4 Å². The number of benzene rings is 2. The molecule has 2 aromatic heterocycles. The predicted molar refractivity (Wildman–Crippen MR) is 130 cm³/mol. The van der Waals surface area contributed by atoms with Crippen LogP contribution in [0.2, 0.25) is 0 Å². The Kier molecular flexibility index (Phi) is 6.82. The van der Waals surface area contributed by atoms with Gasteiger partial charge in [-0.2, -0.15) is 0 Å². The van der Waals surface area contributed by atoms with Crippen LogP contribution in [0.5, 0.6) is 5.75 Å². The van der Waals surface area contributed by atoms with Crippen molar-refractivity contribution >= 4 is 38.7 Å². The normalized spacial score (nSPS) is 11.4. The molecule has 4 aromatic rings. The number of rotatable bonds is 9. The lowest BCUT2D eigenvalue weighted by Crippen LogP contribution is -2.27. The van der Waals surface area contributed by atoms with Crippen LogP contribution in [0.25, 0.3) is 11.2 Å². The van der Waals surface area contributed by atoms with E-state index in [0.717, 1.165) is 4.31 Å². The minimum Gasteiger partial charge on any atom is -0.495 e. The summed E-state index contributed by atoms with van der Waals surface area (Å²) in [5.74, 6) is 0.187. The molecule has 0 amide bonds. The number of esters is 1. The Balaban J connectivity index is 1.36. The summed E-state index contributed by atoms with van der Waals surface area (Å²) < 4.78 is 39.6. The van der Waals surface area contributed by atoms with Crippen molar-refractivity contribution in [1.29, 1.82) is 0 Å². The number of nitrogens with zero attached hydrogens (tertiary/aromatic N) is 5. The number of carbonyl (C=O) groups is 1. The second kappa shape index (κ2) is 9.97. The van der Waals surface area contributed by atoms with Gasteiger partial charge in [-0.1, -0.05) is 12.1 Å². The van der Waals surface area contributed by atoms with Crippen LogP contribution in [0, 0.1) is 0 Å². The van der Waals surface area contributed by atoms with Gasteiger partial charge >= 0.3 is 5.97 Å². The molecule has 2 aromatic carbocycles. The molecule has 35 heavy (non-hydrogen) atoms. The second-order valence-corrected chi connectivity index (χ2v) is 9.50. The molecule has 0 unspecified atom stereocenters. The maximum atomic E-state index is 13.0. The van der Waals surface area contributed by atoms with Crippen LogP contribution in [0.15, 0.2) is 66.1 Å². The monoisotopic (exact) mass is 496 g/mol. The van der Waals surface area contributed by atoms with Crippen molar-refractivity contribution in [2.75, 3.05) is 30.8 Å². The Bertz CT molecular complexity index is 1450. The van der Waals surface area contributed by atoms with Gasteiger partial charge in [0.05, 0.1) is 36.2 Å². The van der Waals surface area contributed by atoms with Gasteiger partial charge in [0.2, 0.25) is 0 Å². The summed E-state index contributed by atoms with van der Waals surface area (Å²) in [5.41, 5.74) is 7.57. The minimum atomic E-state index is -3.86. The number of fused-ring (bicyclic) bond motifs is 1. The van der Waals surface area contributed by atoms with Crippen molar-refractivity contribution < 1.29 is 22.7 Å². The number of anilines is 2. The quantitative estimate of drug-likeness (QED) is 0.273. The van der Waals surface area contributed by atoms with Crippen molar-refractivity contribution in [3.8, 4) is 5.75 Å². The molecule has 182 valence electrons. The summed E-state index contributed by atoms with van der Waals surface area (Å²) in [6.07, 6.45) is 3.50. The molecule has 0 aliphatic rings. The fourth-order valence-electron chi connectivity index (χ4n) is 3.49. The number of methoxy groups -OCH3 is 1. The third kappa shape index (κ3) is 4.87. The molecule has 0 saturated heterocycles. The predicted octanol–water partition coefficient (Wildman–Crippen LogP) is 2.49. The first kappa shape index (κ1) is 24.0. The van der Waals surface area contributed by atoms with Crippen molar-refractivity contribution in [1.82, 2.24) is 19.5 Å². The summed E-state index contributed by atoms with van der Waals surface area (Å²) in [6, 6.07) is 12.4. The molecule has 0 aliphatic heterocycles. The van der Waals surface area contributed by atoms with E-state index < -0.39 is 16.0 Å². The van der Waals surface area contributed by atoms with E-state index in [1.54, 1.807) is 35.2 Å². The molecule has 0 bridgehead atoms. The highest BCUT2D eigenvalue weighted by atomic mass is 32.2. The Morgan fingerprint density at radius 2 is 1.83 bits per heavy atom. The van der Waals surface area contributed by atoms with Crippen LogP contribution < -0.4 is 14.8 Å². The average Bonchev–Trinajstić information content (AvgIpc) is 3.30. The van der Waals surface area contributed by atoms with Crippen LogP contribution in [0.1, 0.15) is 16.8 Å². The number of sulfonamides is 1. The summed E-state index contributed by atoms with van der Waals surface area (Å²) in [5, 5.41) is 0. The van der Waals surface area contributed by atoms with Gasteiger partial charge in [0.15, 0.2) is 11.5 Å². The topological polar surface area (TPSA) is 143 Å². The first-order chi connectivity index (χ1) is 16.8. The van der Waals surface area contributed by atoms with Gasteiger partial charge in [-0.25, -0.2) is 28.2 Å². The number of carbonyl (C=O) groups excluding carboxylic acids is 1. The van der Waals surface area contributed by atoms with Gasteiger partial charge in [0, 0.05) is 13.6 Å². The zero-order valence-electron chi connectivity index (χ0n) is 19.2. The van der Waals surface area contributed by atoms with E-state index in [2.05, 4.69) is 15.0 Å². The Morgan fingerprint density at radius 3 is 2.57 bits per heavy atom. The van der Waals surface area contributed by atoms with Gasteiger partial charge in [-0.05, 0) is 42.8 Å².